The second-order valence-electron chi connectivity index (χ2n) is 8.04. The van der Waals surface area contributed by atoms with Crippen LogP contribution in [0.15, 0.2) is 36.4 Å². The molecule has 2 aliphatic rings. The van der Waals surface area contributed by atoms with Crippen molar-refractivity contribution in [2.75, 3.05) is 20.2 Å². The van der Waals surface area contributed by atoms with Gasteiger partial charge >= 0.3 is 0 Å². The van der Waals surface area contributed by atoms with Gasteiger partial charge in [-0.2, -0.15) is 9.61 Å². The van der Waals surface area contributed by atoms with Crippen LogP contribution in [0.1, 0.15) is 54.6 Å². The summed E-state index contributed by atoms with van der Waals surface area (Å²) in [6.45, 7) is 1.48. The van der Waals surface area contributed by atoms with Gasteiger partial charge in [0.1, 0.15) is 5.75 Å². The topological polar surface area (TPSA) is 72.6 Å². The molecule has 5 rings (SSSR count). The first kappa shape index (κ1) is 18.1. The van der Waals surface area contributed by atoms with E-state index in [1.807, 2.05) is 39.7 Å². The Hall–Kier alpha value is -2.96. The number of nitrogens with zero attached hydrogens (tertiary/aromatic N) is 5. The minimum Gasteiger partial charge on any atom is -0.497 e. The molecule has 1 aliphatic heterocycles. The van der Waals surface area contributed by atoms with Crippen LogP contribution in [0.25, 0.3) is 5.65 Å². The van der Waals surface area contributed by atoms with Crippen LogP contribution in [-0.4, -0.2) is 50.8 Å². The van der Waals surface area contributed by atoms with E-state index in [1.165, 1.54) is 12.8 Å². The molecule has 1 saturated carbocycles. The number of hydrogen-bond acceptors (Lipinski definition) is 5. The maximum atomic E-state index is 12.7. The summed E-state index contributed by atoms with van der Waals surface area (Å²) < 4.78 is 7.18. The smallest absolute Gasteiger partial charge is 0.226 e. The number of amides is 1. The van der Waals surface area contributed by atoms with Gasteiger partial charge in [0.15, 0.2) is 11.5 Å². The standard InChI is InChI=1S/C22H25N5O2/c1-29-18-4-2-3-15(13-18)14-21(28)26-11-9-17(10-12-26)22-24-23-20-8-7-19(16-5-6-16)25-27(20)22/h2-4,7-8,13,16-17H,5-6,9-12,14H2,1H3. The molecule has 7 nitrogen and oxygen atoms in total. The van der Waals surface area contributed by atoms with Gasteiger partial charge in [-0.1, -0.05) is 12.1 Å². The lowest BCUT2D eigenvalue weighted by Crippen LogP contribution is -2.39. The minimum atomic E-state index is 0.164. The Kier molecular flexibility index (Phi) is 4.66. The number of fused-ring (bicyclic) bond motifs is 1. The first-order valence-electron chi connectivity index (χ1n) is 10.3. The molecular weight excluding hydrogens is 366 g/mol. The predicted molar refractivity (Wildman–Crippen MR) is 108 cm³/mol. The van der Waals surface area contributed by atoms with Gasteiger partial charge in [-0.25, -0.2) is 0 Å². The van der Waals surface area contributed by atoms with Crippen molar-refractivity contribution in [3.63, 3.8) is 0 Å². The van der Waals surface area contributed by atoms with Gasteiger partial charge in [0, 0.05) is 24.9 Å². The van der Waals surface area contributed by atoms with Crippen LogP contribution in [0, 0.1) is 0 Å². The lowest BCUT2D eigenvalue weighted by Gasteiger charge is -2.31. The number of hydrogen-bond donors (Lipinski definition) is 0. The van der Waals surface area contributed by atoms with Crippen LogP contribution >= 0.6 is 0 Å². The maximum Gasteiger partial charge on any atom is 0.226 e. The fraction of sp³-hybridized carbons (Fsp3) is 0.455. The molecule has 0 radical (unpaired) electrons. The number of rotatable bonds is 5. The molecule has 7 heteroatoms. The monoisotopic (exact) mass is 391 g/mol. The van der Waals surface area contributed by atoms with Gasteiger partial charge in [-0.05, 0) is 55.5 Å². The molecule has 3 heterocycles. The molecular formula is C22H25N5O2. The Labute approximate surface area is 169 Å². The van der Waals surface area contributed by atoms with Gasteiger partial charge in [0.2, 0.25) is 5.91 Å². The summed E-state index contributed by atoms with van der Waals surface area (Å²) in [6, 6.07) is 11.8. The molecule has 2 aromatic heterocycles. The number of methoxy groups -OCH3 is 1. The average molecular weight is 391 g/mol. The highest BCUT2D eigenvalue weighted by Crippen LogP contribution is 2.39. The summed E-state index contributed by atoms with van der Waals surface area (Å²) in [5.41, 5.74) is 2.93. The zero-order valence-electron chi connectivity index (χ0n) is 16.6. The molecule has 1 saturated heterocycles. The lowest BCUT2D eigenvalue weighted by molar-refractivity contribution is -0.131. The van der Waals surface area contributed by atoms with E-state index in [1.54, 1.807) is 7.11 Å². The molecule has 150 valence electrons. The number of carbonyl (C=O) groups is 1. The van der Waals surface area contributed by atoms with Gasteiger partial charge in [-0.15, -0.1) is 10.2 Å². The van der Waals surface area contributed by atoms with Crippen molar-refractivity contribution in [3.05, 3.63) is 53.5 Å². The molecule has 29 heavy (non-hydrogen) atoms. The van der Waals surface area contributed by atoms with E-state index in [4.69, 9.17) is 9.84 Å². The maximum absolute atomic E-state index is 12.7. The molecule has 3 aromatic rings. The van der Waals surface area contributed by atoms with Crippen molar-refractivity contribution in [1.82, 2.24) is 24.7 Å². The van der Waals surface area contributed by atoms with Crippen molar-refractivity contribution in [3.8, 4) is 5.75 Å². The predicted octanol–water partition coefficient (Wildman–Crippen LogP) is 2.96. The summed E-state index contributed by atoms with van der Waals surface area (Å²) in [5, 5.41) is 13.5. The summed E-state index contributed by atoms with van der Waals surface area (Å²) in [5.74, 6) is 2.77. The number of likely N-dealkylation sites (tertiary alicyclic amines) is 1. The Bertz CT molecular complexity index is 1030. The number of ether oxygens (including phenoxy) is 1. The van der Waals surface area contributed by atoms with Crippen LogP contribution in [0.5, 0.6) is 5.75 Å². The van der Waals surface area contributed by atoms with E-state index in [0.717, 1.165) is 54.4 Å². The van der Waals surface area contributed by atoms with Gasteiger partial charge in [-0.3, -0.25) is 4.79 Å². The first-order valence-corrected chi connectivity index (χ1v) is 10.3. The molecule has 1 aromatic carbocycles. The first-order chi connectivity index (χ1) is 14.2. The van der Waals surface area contributed by atoms with Gasteiger partial charge in [0.05, 0.1) is 19.2 Å². The Balaban J connectivity index is 1.25. The highest BCUT2D eigenvalue weighted by atomic mass is 16.5. The second kappa shape index (κ2) is 7.46. The lowest BCUT2D eigenvalue weighted by atomic mass is 9.95. The highest BCUT2D eigenvalue weighted by molar-refractivity contribution is 5.79. The number of benzene rings is 1. The van der Waals surface area contributed by atoms with E-state index >= 15 is 0 Å². The number of aromatic nitrogens is 4. The van der Waals surface area contributed by atoms with E-state index < -0.39 is 0 Å². The molecule has 0 N–H and O–H groups in total. The molecule has 0 atom stereocenters. The van der Waals surface area contributed by atoms with E-state index in [0.29, 0.717) is 12.3 Å². The van der Waals surface area contributed by atoms with Crippen LogP contribution in [-0.2, 0) is 11.2 Å². The largest absolute Gasteiger partial charge is 0.497 e. The Morgan fingerprint density at radius 3 is 2.66 bits per heavy atom. The second-order valence-corrected chi connectivity index (χ2v) is 8.04. The molecule has 2 fully saturated rings. The molecule has 1 aliphatic carbocycles. The van der Waals surface area contributed by atoms with Gasteiger partial charge < -0.3 is 9.64 Å². The minimum absolute atomic E-state index is 0.164. The van der Waals surface area contributed by atoms with Crippen LogP contribution in [0.3, 0.4) is 0 Å². The van der Waals surface area contributed by atoms with Gasteiger partial charge in [0.25, 0.3) is 0 Å². The number of piperidine rings is 1. The van der Waals surface area contributed by atoms with Crippen molar-refractivity contribution in [2.45, 2.75) is 43.9 Å². The molecule has 0 bridgehead atoms. The normalized spacial score (nSPS) is 17.6. The zero-order chi connectivity index (χ0) is 19.8. The van der Waals surface area contributed by atoms with E-state index in [-0.39, 0.29) is 11.8 Å². The third-order valence-electron chi connectivity index (χ3n) is 6.01. The van der Waals surface area contributed by atoms with Crippen LogP contribution < -0.4 is 4.74 Å². The SMILES string of the molecule is COc1cccc(CC(=O)N2CCC(c3nnc4ccc(C5CC5)nn34)CC2)c1. The Morgan fingerprint density at radius 1 is 1.07 bits per heavy atom. The summed E-state index contributed by atoms with van der Waals surface area (Å²) in [6.07, 6.45) is 4.63. The number of carbonyl (C=O) groups excluding carboxylic acids is 1. The van der Waals surface area contributed by atoms with Crippen molar-refractivity contribution >= 4 is 11.6 Å². The quantitative estimate of drug-likeness (QED) is 0.669. The summed E-state index contributed by atoms with van der Waals surface area (Å²) in [7, 11) is 1.64. The highest BCUT2D eigenvalue weighted by Gasteiger charge is 2.29. The third kappa shape index (κ3) is 3.69. The molecule has 0 spiro atoms. The fourth-order valence-corrected chi connectivity index (χ4v) is 4.13. The zero-order valence-corrected chi connectivity index (χ0v) is 16.6. The van der Waals surface area contributed by atoms with Crippen LogP contribution in [0.2, 0.25) is 0 Å². The third-order valence-corrected chi connectivity index (χ3v) is 6.01. The van der Waals surface area contributed by atoms with Crippen molar-refractivity contribution in [1.29, 1.82) is 0 Å². The van der Waals surface area contributed by atoms with Crippen molar-refractivity contribution < 1.29 is 9.53 Å². The average Bonchev–Trinajstić information content (AvgIpc) is 3.53. The molecule has 0 unspecified atom stereocenters. The van der Waals surface area contributed by atoms with Crippen molar-refractivity contribution in [2.24, 2.45) is 0 Å². The summed E-state index contributed by atoms with van der Waals surface area (Å²) in [4.78, 5) is 14.7. The Morgan fingerprint density at radius 2 is 1.90 bits per heavy atom. The van der Waals surface area contributed by atoms with E-state index in [2.05, 4.69) is 16.3 Å². The fourth-order valence-electron chi connectivity index (χ4n) is 4.13. The van der Waals surface area contributed by atoms with E-state index in [9.17, 15) is 4.79 Å². The van der Waals surface area contributed by atoms with Crippen LogP contribution in [0.4, 0.5) is 0 Å². The molecule has 1 amide bonds. The summed E-state index contributed by atoms with van der Waals surface area (Å²) >= 11 is 0.